The van der Waals surface area contributed by atoms with Crippen molar-refractivity contribution in [2.24, 2.45) is 0 Å². The van der Waals surface area contributed by atoms with Gasteiger partial charge in [-0.15, -0.1) is 0 Å². The van der Waals surface area contributed by atoms with E-state index in [1.54, 1.807) is 0 Å². The standard InChI is InChI=1S/C22H42O4.Ca/c1-2-3-4-5-6-7-8-9-10-11-12-13-14-15-16-17-20-26-22(25)19-18-21(23)24;/h2-20H2,1H3,(H,23,24);/q;+2/p-1. The fourth-order valence-electron chi connectivity index (χ4n) is 3.11. The molecule has 0 heterocycles. The second-order valence-electron chi connectivity index (χ2n) is 7.40. The van der Waals surface area contributed by atoms with Crippen LogP contribution in [0.4, 0.5) is 0 Å². The van der Waals surface area contributed by atoms with Crippen molar-refractivity contribution in [2.75, 3.05) is 6.61 Å². The number of hydrogen-bond acceptors (Lipinski definition) is 4. The third kappa shape index (κ3) is 26.2. The Bertz CT molecular complexity index is 334. The molecule has 27 heavy (non-hydrogen) atoms. The molecule has 0 spiro atoms. The normalized spacial score (nSPS) is 10.4. The zero-order valence-corrected chi connectivity index (χ0v) is 20.0. The molecule has 5 heteroatoms. The summed E-state index contributed by atoms with van der Waals surface area (Å²) in [5, 5.41) is 10.2. The molecular formula is C22H41CaO4+. The van der Waals surface area contributed by atoms with Gasteiger partial charge in [-0.1, -0.05) is 103 Å². The Morgan fingerprint density at radius 1 is 0.630 bits per heavy atom. The fraction of sp³-hybridized carbons (Fsp3) is 0.909. The van der Waals surface area contributed by atoms with Gasteiger partial charge in [-0.2, -0.15) is 0 Å². The van der Waals surface area contributed by atoms with Crippen molar-refractivity contribution in [1.82, 2.24) is 0 Å². The molecule has 154 valence electrons. The topological polar surface area (TPSA) is 66.4 Å². The molecule has 0 aliphatic heterocycles. The summed E-state index contributed by atoms with van der Waals surface area (Å²) < 4.78 is 4.98. The third-order valence-corrected chi connectivity index (χ3v) is 4.79. The van der Waals surface area contributed by atoms with Crippen molar-refractivity contribution < 1.29 is 19.4 Å². The van der Waals surface area contributed by atoms with Crippen LogP contribution >= 0.6 is 0 Å². The Kier molecular flexibility index (Phi) is 26.4. The minimum atomic E-state index is -1.20. The molecule has 0 rings (SSSR count). The van der Waals surface area contributed by atoms with Crippen LogP contribution in [-0.2, 0) is 14.3 Å². The van der Waals surface area contributed by atoms with Crippen LogP contribution in [-0.4, -0.2) is 56.3 Å². The first-order valence-corrected chi connectivity index (χ1v) is 11.0. The van der Waals surface area contributed by atoms with Gasteiger partial charge in [0.2, 0.25) is 0 Å². The zero-order chi connectivity index (χ0) is 19.3. The Morgan fingerprint density at radius 2 is 1.00 bits per heavy atom. The average Bonchev–Trinajstić information content (AvgIpc) is 2.62. The first kappa shape index (κ1) is 29.4. The molecule has 0 bridgehead atoms. The predicted molar refractivity (Wildman–Crippen MR) is 111 cm³/mol. The van der Waals surface area contributed by atoms with Crippen molar-refractivity contribution in [2.45, 2.75) is 122 Å². The largest absolute Gasteiger partial charge is 2.00 e. The Labute approximate surface area is 197 Å². The summed E-state index contributed by atoms with van der Waals surface area (Å²) in [6, 6.07) is 0. The van der Waals surface area contributed by atoms with E-state index >= 15 is 0 Å². The maximum atomic E-state index is 11.2. The van der Waals surface area contributed by atoms with Crippen molar-refractivity contribution >= 4 is 49.7 Å². The summed E-state index contributed by atoms with van der Waals surface area (Å²) in [5.41, 5.74) is 0. The average molecular weight is 410 g/mol. The molecule has 0 saturated carbocycles. The second-order valence-corrected chi connectivity index (χ2v) is 7.40. The quantitative estimate of drug-likeness (QED) is 0.162. The smallest absolute Gasteiger partial charge is 0.550 e. The summed E-state index contributed by atoms with van der Waals surface area (Å²) in [4.78, 5) is 21.4. The SMILES string of the molecule is CCCCCCCCCCCCCCCCCCOC(=O)CCC(=O)[O-].[Ca+2]. The van der Waals surface area contributed by atoms with E-state index in [0.29, 0.717) is 6.61 Å². The van der Waals surface area contributed by atoms with E-state index in [9.17, 15) is 14.7 Å². The van der Waals surface area contributed by atoms with E-state index in [1.807, 2.05) is 0 Å². The molecule has 0 aromatic heterocycles. The first-order chi connectivity index (χ1) is 12.7. The van der Waals surface area contributed by atoms with Crippen molar-refractivity contribution in [3.63, 3.8) is 0 Å². The number of carboxylic acid groups (broad SMARTS) is 1. The van der Waals surface area contributed by atoms with E-state index in [0.717, 1.165) is 12.8 Å². The van der Waals surface area contributed by atoms with Gasteiger partial charge in [-0.3, -0.25) is 4.79 Å². The molecule has 0 atom stereocenters. The van der Waals surface area contributed by atoms with E-state index in [-0.39, 0.29) is 50.6 Å². The van der Waals surface area contributed by atoms with Crippen LogP contribution in [0.5, 0.6) is 0 Å². The van der Waals surface area contributed by atoms with Crippen molar-refractivity contribution in [3.05, 3.63) is 0 Å². The molecule has 4 nitrogen and oxygen atoms in total. The number of esters is 1. The van der Waals surface area contributed by atoms with Gasteiger partial charge >= 0.3 is 43.7 Å². The number of carbonyl (C=O) groups excluding carboxylic acids is 2. The fourth-order valence-corrected chi connectivity index (χ4v) is 3.11. The van der Waals surface area contributed by atoms with Crippen LogP contribution in [0.25, 0.3) is 0 Å². The second kappa shape index (κ2) is 24.2. The van der Waals surface area contributed by atoms with Gasteiger partial charge < -0.3 is 14.6 Å². The maximum Gasteiger partial charge on any atom is 2.00 e. The first-order valence-electron chi connectivity index (χ1n) is 11.0. The number of carboxylic acids is 1. The molecule has 0 amide bonds. The molecule has 0 radical (unpaired) electrons. The summed E-state index contributed by atoms with van der Waals surface area (Å²) in [6.45, 7) is 2.67. The van der Waals surface area contributed by atoms with Crippen molar-refractivity contribution in [1.29, 1.82) is 0 Å². The van der Waals surface area contributed by atoms with Gasteiger partial charge in [0.15, 0.2) is 0 Å². The van der Waals surface area contributed by atoms with E-state index in [4.69, 9.17) is 4.74 Å². The molecule has 0 N–H and O–H groups in total. The van der Waals surface area contributed by atoms with Crippen LogP contribution in [0.3, 0.4) is 0 Å². The zero-order valence-electron chi connectivity index (χ0n) is 17.8. The number of rotatable bonds is 20. The minimum Gasteiger partial charge on any atom is -0.550 e. The molecule has 0 aromatic carbocycles. The Morgan fingerprint density at radius 3 is 1.37 bits per heavy atom. The van der Waals surface area contributed by atoms with Crippen molar-refractivity contribution in [3.8, 4) is 0 Å². The van der Waals surface area contributed by atoms with E-state index < -0.39 is 11.9 Å². The van der Waals surface area contributed by atoms with Crippen LogP contribution in [0.2, 0.25) is 0 Å². The Balaban J connectivity index is 0. The summed E-state index contributed by atoms with van der Waals surface area (Å²) >= 11 is 0. The molecule has 0 saturated heterocycles. The number of carbonyl (C=O) groups is 2. The van der Waals surface area contributed by atoms with Crippen LogP contribution in [0, 0.1) is 0 Å². The number of hydrogen-bond donors (Lipinski definition) is 0. The van der Waals surface area contributed by atoms with Crippen LogP contribution in [0.1, 0.15) is 122 Å². The predicted octanol–water partition coefficient (Wildman–Crippen LogP) is 4.94. The number of unbranched alkanes of at least 4 members (excludes halogenated alkanes) is 15. The van der Waals surface area contributed by atoms with E-state index in [1.165, 1.54) is 89.9 Å². The van der Waals surface area contributed by atoms with Gasteiger partial charge in [-0.25, -0.2) is 0 Å². The summed E-state index contributed by atoms with van der Waals surface area (Å²) in [7, 11) is 0. The van der Waals surface area contributed by atoms with Gasteiger partial charge in [0.25, 0.3) is 0 Å². The summed E-state index contributed by atoms with van der Waals surface area (Å²) in [5.74, 6) is -1.64. The maximum absolute atomic E-state index is 11.2. The van der Waals surface area contributed by atoms with Gasteiger partial charge in [0.1, 0.15) is 0 Å². The third-order valence-electron chi connectivity index (χ3n) is 4.79. The van der Waals surface area contributed by atoms with Gasteiger partial charge in [0, 0.05) is 5.97 Å². The number of aliphatic carboxylic acids is 1. The van der Waals surface area contributed by atoms with Gasteiger partial charge in [-0.05, 0) is 12.8 Å². The molecule has 0 fully saturated rings. The molecule has 0 aliphatic carbocycles. The minimum absolute atomic E-state index is 0. The van der Waals surface area contributed by atoms with Gasteiger partial charge in [0.05, 0.1) is 13.0 Å². The monoisotopic (exact) mass is 409 g/mol. The Hall–Kier alpha value is 0.200. The molecular weight excluding hydrogens is 368 g/mol. The van der Waals surface area contributed by atoms with E-state index in [2.05, 4.69) is 6.92 Å². The molecule has 0 unspecified atom stereocenters. The number of ether oxygens (including phenoxy) is 1. The molecule has 0 aromatic rings. The summed E-state index contributed by atoms with van der Waals surface area (Å²) in [6.07, 6.45) is 20.7. The van der Waals surface area contributed by atoms with Crippen LogP contribution < -0.4 is 5.11 Å². The van der Waals surface area contributed by atoms with Crippen LogP contribution in [0.15, 0.2) is 0 Å². The molecule has 0 aliphatic rings.